The molecule has 0 aliphatic carbocycles. The summed E-state index contributed by atoms with van der Waals surface area (Å²) >= 11 is 0. The molecule has 0 saturated carbocycles. The fraction of sp³-hybridized carbons (Fsp3) is 0.526. The van der Waals surface area contributed by atoms with Gasteiger partial charge in [0.2, 0.25) is 0 Å². The monoisotopic (exact) mass is 364 g/mol. The summed E-state index contributed by atoms with van der Waals surface area (Å²) in [6.07, 6.45) is 1.78. The van der Waals surface area contributed by atoms with Gasteiger partial charge >= 0.3 is 5.97 Å². The number of nitrogens with zero attached hydrogens (tertiary/aromatic N) is 1. The molecule has 7 heteroatoms. The average Bonchev–Trinajstić information content (AvgIpc) is 2.66. The molecule has 0 radical (unpaired) electrons. The third-order valence-corrected chi connectivity index (χ3v) is 4.57. The largest absolute Gasteiger partial charge is 0.455 e. The molecular formula is C19H25FN2O4. The van der Waals surface area contributed by atoms with Gasteiger partial charge in [0.05, 0.1) is 5.92 Å². The zero-order valence-electron chi connectivity index (χ0n) is 15.2. The maximum absolute atomic E-state index is 12.9. The molecule has 2 amide bonds. The minimum atomic E-state index is -0.404. The van der Waals surface area contributed by atoms with E-state index in [1.54, 1.807) is 4.90 Å². The van der Waals surface area contributed by atoms with Crippen LogP contribution < -0.4 is 5.32 Å². The molecule has 0 unspecified atom stereocenters. The molecule has 1 N–H and O–H groups in total. The standard InChI is InChI=1S/C19H25FN2O4/c1-3-13(2)21-17(23)12-26-19(25)15-8-10-22(11-9-15)18(24)14-4-6-16(20)7-5-14/h4-7,13,15H,3,8-12H2,1-2H3,(H,21,23)/t13-/m0/s1. The Morgan fingerprint density at radius 2 is 1.85 bits per heavy atom. The Hall–Kier alpha value is -2.44. The van der Waals surface area contributed by atoms with Crippen LogP contribution in [0.1, 0.15) is 43.5 Å². The van der Waals surface area contributed by atoms with Crippen molar-refractivity contribution in [3.8, 4) is 0 Å². The van der Waals surface area contributed by atoms with Crippen molar-refractivity contribution in [1.29, 1.82) is 0 Å². The quantitative estimate of drug-likeness (QED) is 0.785. The number of amides is 2. The molecule has 1 aromatic carbocycles. The van der Waals surface area contributed by atoms with Gasteiger partial charge in [0.1, 0.15) is 5.82 Å². The summed E-state index contributed by atoms with van der Waals surface area (Å²) in [6.45, 7) is 4.41. The van der Waals surface area contributed by atoms with Crippen molar-refractivity contribution in [3.05, 3.63) is 35.6 Å². The van der Waals surface area contributed by atoms with Crippen molar-refractivity contribution in [2.45, 2.75) is 39.2 Å². The zero-order valence-corrected chi connectivity index (χ0v) is 15.2. The Bertz CT molecular complexity index is 639. The molecule has 0 bridgehead atoms. The second-order valence-electron chi connectivity index (χ2n) is 6.56. The average molecular weight is 364 g/mol. The second kappa shape index (κ2) is 9.31. The predicted octanol–water partition coefficient (Wildman–Crippen LogP) is 2.14. The summed E-state index contributed by atoms with van der Waals surface area (Å²) in [5.74, 6) is -1.59. The van der Waals surface area contributed by atoms with E-state index in [0.717, 1.165) is 6.42 Å². The minimum Gasteiger partial charge on any atom is -0.455 e. The van der Waals surface area contributed by atoms with E-state index in [-0.39, 0.29) is 36.2 Å². The van der Waals surface area contributed by atoms with Crippen LogP contribution in [0.2, 0.25) is 0 Å². The number of carbonyl (C=O) groups excluding carboxylic acids is 3. The van der Waals surface area contributed by atoms with Crippen molar-refractivity contribution < 1.29 is 23.5 Å². The van der Waals surface area contributed by atoms with E-state index in [2.05, 4.69) is 5.32 Å². The summed E-state index contributed by atoms with van der Waals surface area (Å²) in [6, 6.07) is 5.45. The van der Waals surface area contributed by atoms with Crippen LogP contribution in [-0.4, -0.2) is 48.4 Å². The van der Waals surface area contributed by atoms with Crippen LogP contribution in [0.3, 0.4) is 0 Å². The van der Waals surface area contributed by atoms with E-state index in [1.807, 2.05) is 13.8 Å². The number of ether oxygens (including phenoxy) is 1. The van der Waals surface area contributed by atoms with Gasteiger partial charge in [-0.25, -0.2) is 4.39 Å². The summed E-state index contributed by atoms with van der Waals surface area (Å²) < 4.78 is 18.0. The lowest BCUT2D eigenvalue weighted by Gasteiger charge is -2.31. The van der Waals surface area contributed by atoms with Crippen molar-refractivity contribution >= 4 is 17.8 Å². The molecular weight excluding hydrogens is 339 g/mol. The number of benzene rings is 1. The van der Waals surface area contributed by atoms with Crippen LogP contribution in [0.25, 0.3) is 0 Å². The number of likely N-dealkylation sites (tertiary alicyclic amines) is 1. The van der Waals surface area contributed by atoms with Crippen molar-refractivity contribution in [2.24, 2.45) is 5.92 Å². The molecule has 6 nitrogen and oxygen atoms in total. The fourth-order valence-electron chi connectivity index (χ4n) is 2.77. The fourth-order valence-corrected chi connectivity index (χ4v) is 2.77. The summed E-state index contributed by atoms with van der Waals surface area (Å²) in [7, 11) is 0. The Kier molecular flexibility index (Phi) is 7.12. The Morgan fingerprint density at radius 3 is 2.42 bits per heavy atom. The van der Waals surface area contributed by atoms with Gasteiger partial charge in [-0.2, -0.15) is 0 Å². The highest BCUT2D eigenvalue weighted by atomic mass is 19.1. The predicted molar refractivity (Wildman–Crippen MR) is 93.9 cm³/mol. The molecule has 142 valence electrons. The summed E-state index contributed by atoms with van der Waals surface area (Å²) in [5.41, 5.74) is 0.425. The molecule has 1 fully saturated rings. The molecule has 2 rings (SSSR count). The molecule has 0 aromatic heterocycles. The first-order chi connectivity index (χ1) is 12.4. The molecule has 1 atom stereocenters. The van der Waals surface area contributed by atoms with Gasteiger partial charge in [-0.3, -0.25) is 14.4 Å². The number of halogens is 1. The summed E-state index contributed by atoms with van der Waals surface area (Å²) in [5, 5.41) is 2.74. The third-order valence-electron chi connectivity index (χ3n) is 4.57. The lowest BCUT2D eigenvalue weighted by Crippen LogP contribution is -2.41. The van der Waals surface area contributed by atoms with Crippen LogP contribution in [0.5, 0.6) is 0 Å². The molecule has 1 aromatic rings. The number of piperidine rings is 1. The first-order valence-electron chi connectivity index (χ1n) is 8.91. The van der Waals surface area contributed by atoms with Gasteiger partial charge in [-0.15, -0.1) is 0 Å². The number of nitrogens with one attached hydrogen (secondary N) is 1. The van der Waals surface area contributed by atoms with Gasteiger partial charge in [-0.1, -0.05) is 6.92 Å². The van der Waals surface area contributed by atoms with E-state index in [9.17, 15) is 18.8 Å². The number of hydrogen-bond donors (Lipinski definition) is 1. The van der Waals surface area contributed by atoms with Crippen molar-refractivity contribution in [3.63, 3.8) is 0 Å². The Balaban J connectivity index is 1.76. The molecule has 1 aliphatic rings. The molecule has 1 heterocycles. The van der Waals surface area contributed by atoms with Gasteiger partial charge < -0.3 is 15.0 Å². The smallest absolute Gasteiger partial charge is 0.309 e. The first-order valence-corrected chi connectivity index (χ1v) is 8.91. The number of rotatable bonds is 6. The van der Waals surface area contributed by atoms with Gasteiger partial charge in [0.25, 0.3) is 11.8 Å². The SMILES string of the molecule is CC[C@H](C)NC(=O)COC(=O)C1CCN(C(=O)c2ccc(F)cc2)CC1. The van der Waals surface area contributed by atoms with Crippen molar-refractivity contribution in [1.82, 2.24) is 10.2 Å². The van der Waals surface area contributed by atoms with Gasteiger partial charge in [0, 0.05) is 24.7 Å². The zero-order chi connectivity index (χ0) is 19.1. The lowest BCUT2D eigenvalue weighted by atomic mass is 9.96. The van der Waals surface area contributed by atoms with E-state index in [0.29, 0.717) is 31.5 Å². The van der Waals surface area contributed by atoms with E-state index in [1.165, 1.54) is 24.3 Å². The highest BCUT2D eigenvalue weighted by Crippen LogP contribution is 2.20. The highest BCUT2D eigenvalue weighted by molar-refractivity contribution is 5.94. The third kappa shape index (κ3) is 5.54. The molecule has 26 heavy (non-hydrogen) atoms. The molecule has 0 spiro atoms. The molecule has 1 saturated heterocycles. The highest BCUT2D eigenvalue weighted by Gasteiger charge is 2.29. The van der Waals surface area contributed by atoms with Crippen molar-refractivity contribution in [2.75, 3.05) is 19.7 Å². The molecule has 1 aliphatic heterocycles. The van der Waals surface area contributed by atoms with E-state index < -0.39 is 5.97 Å². The number of carbonyl (C=O) groups is 3. The van der Waals surface area contributed by atoms with Crippen LogP contribution in [0.4, 0.5) is 4.39 Å². The Morgan fingerprint density at radius 1 is 1.23 bits per heavy atom. The first kappa shape index (κ1) is 19.9. The van der Waals surface area contributed by atoms with Crippen LogP contribution in [-0.2, 0) is 14.3 Å². The summed E-state index contributed by atoms with van der Waals surface area (Å²) in [4.78, 5) is 37.8. The van der Waals surface area contributed by atoms with Gasteiger partial charge in [-0.05, 0) is 50.5 Å². The maximum Gasteiger partial charge on any atom is 0.309 e. The normalized spacial score (nSPS) is 16.0. The Labute approximate surface area is 152 Å². The topological polar surface area (TPSA) is 75.7 Å². The van der Waals surface area contributed by atoms with Crippen LogP contribution >= 0.6 is 0 Å². The van der Waals surface area contributed by atoms with Crippen LogP contribution in [0.15, 0.2) is 24.3 Å². The minimum absolute atomic E-state index is 0.0434. The number of esters is 1. The second-order valence-corrected chi connectivity index (χ2v) is 6.56. The van der Waals surface area contributed by atoms with Gasteiger partial charge in [0.15, 0.2) is 6.61 Å². The lowest BCUT2D eigenvalue weighted by molar-refractivity contribution is -0.154. The maximum atomic E-state index is 12.9. The number of hydrogen-bond acceptors (Lipinski definition) is 4. The van der Waals surface area contributed by atoms with Crippen LogP contribution in [0, 0.1) is 11.7 Å². The van der Waals surface area contributed by atoms with E-state index in [4.69, 9.17) is 4.74 Å². The van der Waals surface area contributed by atoms with E-state index >= 15 is 0 Å².